The summed E-state index contributed by atoms with van der Waals surface area (Å²) in [6.45, 7) is 4.46. The minimum Gasteiger partial charge on any atom is -0.337 e. The molecule has 2 rings (SSSR count). The van der Waals surface area contributed by atoms with Gasteiger partial charge in [0.2, 0.25) is 5.89 Å². The quantitative estimate of drug-likeness (QED) is 0.596. The van der Waals surface area contributed by atoms with Gasteiger partial charge in [-0.15, -0.1) is 0 Å². The van der Waals surface area contributed by atoms with Crippen LogP contribution >= 0.6 is 0 Å². The Bertz CT molecular complexity index is 600. The van der Waals surface area contributed by atoms with Gasteiger partial charge in [0.1, 0.15) is 6.54 Å². The van der Waals surface area contributed by atoms with Crippen molar-refractivity contribution in [2.24, 2.45) is 0 Å². The molecule has 0 aliphatic rings. The second-order valence-corrected chi connectivity index (χ2v) is 4.56. The zero-order valence-electron chi connectivity index (χ0n) is 11.8. The van der Waals surface area contributed by atoms with Crippen molar-refractivity contribution in [3.63, 3.8) is 0 Å². The molecule has 0 saturated heterocycles. The van der Waals surface area contributed by atoms with Gasteiger partial charge in [-0.25, -0.2) is 0 Å². The molecular weight excluding hydrogens is 252 g/mol. The van der Waals surface area contributed by atoms with Crippen molar-refractivity contribution < 1.29 is 4.52 Å². The molecule has 104 valence electrons. The fraction of sp³-hybridized carbons (Fsp3) is 0.400. The van der Waals surface area contributed by atoms with Crippen LogP contribution in [0.25, 0.3) is 0 Å². The summed E-state index contributed by atoms with van der Waals surface area (Å²) in [7, 11) is 0. The maximum atomic E-state index is 9.30. The molecule has 20 heavy (non-hydrogen) atoms. The third-order valence-electron chi connectivity index (χ3n) is 3.03. The lowest BCUT2D eigenvalue weighted by molar-refractivity contribution is 0.374. The Morgan fingerprint density at radius 1 is 1.35 bits per heavy atom. The van der Waals surface area contributed by atoms with Crippen molar-refractivity contribution in [1.29, 1.82) is 5.26 Å². The smallest absolute Gasteiger partial charge is 0.247 e. The molecule has 0 atom stereocenters. The van der Waals surface area contributed by atoms with Crippen LogP contribution in [0.1, 0.15) is 37.5 Å². The van der Waals surface area contributed by atoms with Crippen LogP contribution in [-0.4, -0.2) is 10.1 Å². The number of nitrogens with zero attached hydrogens (tertiary/aromatic N) is 4. The first-order chi connectivity index (χ1) is 9.76. The van der Waals surface area contributed by atoms with Gasteiger partial charge in [-0.1, -0.05) is 31.1 Å². The van der Waals surface area contributed by atoms with Crippen molar-refractivity contribution in [2.45, 2.75) is 39.7 Å². The minimum atomic E-state index is 0.306. The highest BCUT2D eigenvalue weighted by Gasteiger charge is 2.12. The number of aromatic nitrogens is 2. The van der Waals surface area contributed by atoms with Gasteiger partial charge in [0.25, 0.3) is 0 Å². The summed E-state index contributed by atoms with van der Waals surface area (Å²) < 4.78 is 5.17. The van der Waals surface area contributed by atoms with E-state index < -0.39 is 0 Å². The standard InChI is InChI=1S/C15H18N4O/c1-3-6-14-17-15(20-18-14)10-19(11-16)13-8-5-7-12(4-2)9-13/h5,7-9H,3-4,6,10H2,1-2H3. The summed E-state index contributed by atoms with van der Waals surface area (Å²) >= 11 is 0. The van der Waals surface area contributed by atoms with Gasteiger partial charge in [0, 0.05) is 6.42 Å². The summed E-state index contributed by atoms with van der Waals surface area (Å²) in [4.78, 5) is 5.84. The lowest BCUT2D eigenvalue weighted by Gasteiger charge is -2.13. The maximum Gasteiger partial charge on any atom is 0.247 e. The van der Waals surface area contributed by atoms with E-state index in [2.05, 4.69) is 30.2 Å². The zero-order chi connectivity index (χ0) is 14.4. The number of anilines is 1. The number of rotatable bonds is 6. The molecule has 2 aromatic rings. The Morgan fingerprint density at radius 3 is 2.90 bits per heavy atom. The van der Waals surface area contributed by atoms with Gasteiger partial charge in [0.05, 0.1) is 5.69 Å². The Kier molecular flexibility index (Phi) is 4.72. The van der Waals surface area contributed by atoms with Crippen LogP contribution in [0, 0.1) is 11.5 Å². The maximum absolute atomic E-state index is 9.30. The molecule has 1 heterocycles. The molecule has 0 spiro atoms. The fourth-order valence-electron chi connectivity index (χ4n) is 1.94. The normalized spacial score (nSPS) is 10.2. The van der Waals surface area contributed by atoms with Crippen LogP contribution in [0.5, 0.6) is 0 Å². The van der Waals surface area contributed by atoms with E-state index in [1.54, 1.807) is 4.90 Å². The van der Waals surface area contributed by atoms with Crippen LogP contribution in [0.15, 0.2) is 28.8 Å². The summed E-state index contributed by atoms with van der Waals surface area (Å²) in [5.74, 6) is 1.17. The average Bonchev–Trinajstić information content (AvgIpc) is 2.92. The van der Waals surface area contributed by atoms with E-state index in [1.165, 1.54) is 5.56 Å². The van der Waals surface area contributed by atoms with Crippen molar-refractivity contribution in [3.05, 3.63) is 41.5 Å². The van der Waals surface area contributed by atoms with Gasteiger partial charge in [-0.3, -0.25) is 4.90 Å². The lowest BCUT2D eigenvalue weighted by atomic mass is 10.1. The summed E-state index contributed by atoms with van der Waals surface area (Å²) in [6, 6.07) is 7.91. The highest BCUT2D eigenvalue weighted by molar-refractivity contribution is 5.51. The van der Waals surface area contributed by atoms with Crippen molar-refractivity contribution >= 4 is 5.69 Å². The van der Waals surface area contributed by atoms with Crippen molar-refractivity contribution in [2.75, 3.05) is 4.90 Å². The van der Waals surface area contributed by atoms with Crippen LogP contribution in [0.4, 0.5) is 5.69 Å². The van der Waals surface area contributed by atoms with Crippen LogP contribution in [-0.2, 0) is 19.4 Å². The predicted molar refractivity (Wildman–Crippen MR) is 75.9 cm³/mol. The minimum absolute atomic E-state index is 0.306. The number of benzene rings is 1. The Labute approximate surface area is 118 Å². The zero-order valence-corrected chi connectivity index (χ0v) is 11.8. The van der Waals surface area contributed by atoms with Crippen molar-refractivity contribution in [1.82, 2.24) is 10.1 Å². The molecular formula is C15H18N4O. The monoisotopic (exact) mass is 270 g/mol. The van der Waals surface area contributed by atoms with E-state index in [0.717, 1.165) is 24.9 Å². The second-order valence-electron chi connectivity index (χ2n) is 4.56. The summed E-state index contributed by atoms with van der Waals surface area (Å²) in [5, 5.41) is 13.2. The van der Waals surface area contributed by atoms with E-state index in [4.69, 9.17) is 4.52 Å². The third-order valence-corrected chi connectivity index (χ3v) is 3.03. The number of nitriles is 1. The molecule has 0 radical (unpaired) electrons. The molecule has 0 amide bonds. The van der Waals surface area contributed by atoms with Crippen molar-refractivity contribution in [3.8, 4) is 6.19 Å². The highest BCUT2D eigenvalue weighted by Crippen LogP contribution is 2.18. The van der Waals surface area contributed by atoms with Gasteiger partial charge in [0.15, 0.2) is 12.0 Å². The van der Waals surface area contributed by atoms with Crippen LogP contribution < -0.4 is 4.90 Å². The molecule has 0 unspecified atom stereocenters. The fourth-order valence-corrected chi connectivity index (χ4v) is 1.94. The molecule has 0 bridgehead atoms. The van der Waals surface area contributed by atoms with Gasteiger partial charge < -0.3 is 4.52 Å². The first-order valence-corrected chi connectivity index (χ1v) is 6.84. The Hall–Kier alpha value is -2.35. The first-order valence-electron chi connectivity index (χ1n) is 6.84. The lowest BCUT2D eigenvalue weighted by Crippen LogP contribution is -2.16. The average molecular weight is 270 g/mol. The molecule has 0 fully saturated rings. The second kappa shape index (κ2) is 6.71. The molecule has 1 aromatic carbocycles. The number of hydrogen-bond acceptors (Lipinski definition) is 5. The van der Waals surface area contributed by atoms with Gasteiger partial charge >= 0.3 is 0 Å². The SMILES string of the molecule is CCCc1noc(CN(C#N)c2cccc(CC)c2)n1. The number of aryl methyl sites for hydroxylation is 2. The van der Waals surface area contributed by atoms with Gasteiger partial charge in [-0.05, 0) is 30.5 Å². The largest absolute Gasteiger partial charge is 0.337 e. The van der Waals surface area contributed by atoms with Crippen LogP contribution in [0.3, 0.4) is 0 Å². The molecule has 1 aromatic heterocycles. The van der Waals surface area contributed by atoms with E-state index >= 15 is 0 Å². The molecule has 0 N–H and O–H groups in total. The Morgan fingerprint density at radius 2 is 2.20 bits per heavy atom. The molecule has 5 heteroatoms. The van der Waals surface area contributed by atoms with E-state index in [9.17, 15) is 5.26 Å². The molecule has 5 nitrogen and oxygen atoms in total. The highest BCUT2D eigenvalue weighted by atomic mass is 16.5. The number of hydrogen-bond donors (Lipinski definition) is 0. The van der Waals surface area contributed by atoms with Crippen LogP contribution in [0.2, 0.25) is 0 Å². The topological polar surface area (TPSA) is 66.0 Å². The first kappa shape index (κ1) is 14.1. The van der Waals surface area contributed by atoms with Gasteiger partial charge in [-0.2, -0.15) is 10.2 Å². The third kappa shape index (κ3) is 3.35. The summed E-state index contributed by atoms with van der Waals surface area (Å²) in [6.07, 6.45) is 4.87. The predicted octanol–water partition coefficient (Wildman–Crippen LogP) is 3.07. The molecule has 0 aliphatic heterocycles. The Balaban J connectivity index is 2.13. The van der Waals surface area contributed by atoms with E-state index in [0.29, 0.717) is 18.3 Å². The summed E-state index contributed by atoms with van der Waals surface area (Å²) in [5.41, 5.74) is 2.04. The molecule has 0 saturated carbocycles. The van der Waals surface area contributed by atoms with E-state index in [-0.39, 0.29) is 0 Å². The molecule has 0 aliphatic carbocycles. The van der Waals surface area contributed by atoms with E-state index in [1.807, 2.05) is 24.3 Å².